The summed E-state index contributed by atoms with van der Waals surface area (Å²) in [7, 11) is -3.85. The van der Waals surface area contributed by atoms with Crippen molar-refractivity contribution in [1.29, 1.82) is 0 Å². The lowest BCUT2D eigenvalue weighted by Crippen LogP contribution is -2.17. The number of hydrogen-bond acceptors (Lipinski definition) is 7. The largest absolute Gasteiger partial charge is 0.325 e. The van der Waals surface area contributed by atoms with Crippen LogP contribution in [0.4, 0.5) is 5.69 Å². The van der Waals surface area contributed by atoms with Crippen LogP contribution >= 0.6 is 23.1 Å². The molecule has 0 saturated heterocycles. The number of carbonyl (C=O) groups is 1. The van der Waals surface area contributed by atoms with E-state index in [1.165, 1.54) is 23.1 Å². The zero-order valence-electron chi connectivity index (χ0n) is 15.2. The SMILES string of the molecule is NS(=O)(=O)c1cccc(NC(=O)CSc2nc3sc4c(c3c(=O)[nH]2)CCCC4)c1. The van der Waals surface area contributed by atoms with E-state index in [1.54, 1.807) is 17.4 Å². The molecule has 0 radical (unpaired) electrons. The number of thioether (sulfide) groups is 1. The van der Waals surface area contributed by atoms with Gasteiger partial charge < -0.3 is 10.3 Å². The summed E-state index contributed by atoms with van der Waals surface area (Å²) in [5.74, 6) is -0.339. The molecule has 1 amide bonds. The van der Waals surface area contributed by atoms with Crippen molar-refractivity contribution < 1.29 is 13.2 Å². The molecule has 0 atom stereocenters. The van der Waals surface area contributed by atoms with Crippen molar-refractivity contribution in [2.75, 3.05) is 11.1 Å². The number of nitrogens with zero attached hydrogens (tertiary/aromatic N) is 1. The van der Waals surface area contributed by atoms with E-state index in [2.05, 4.69) is 15.3 Å². The van der Waals surface area contributed by atoms with Crippen LogP contribution in [0.15, 0.2) is 39.1 Å². The third-order valence-electron chi connectivity index (χ3n) is 4.59. The second kappa shape index (κ2) is 7.90. The van der Waals surface area contributed by atoms with Gasteiger partial charge in [-0.1, -0.05) is 17.8 Å². The Morgan fingerprint density at radius 3 is 2.90 bits per heavy atom. The number of nitrogens with two attached hydrogens (primary N) is 1. The summed E-state index contributed by atoms with van der Waals surface area (Å²) < 4.78 is 22.8. The van der Waals surface area contributed by atoms with Crippen LogP contribution in [-0.2, 0) is 27.7 Å². The first-order valence-corrected chi connectivity index (χ1v) is 12.3. The summed E-state index contributed by atoms with van der Waals surface area (Å²) in [5, 5.41) is 8.78. The summed E-state index contributed by atoms with van der Waals surface area (Å²) in [6.07, 6.45) is 4.11. The molecular weight excluding hydrogens is 432 g/mol. The van der Waals surface area contributed by atoms with E-state index in [0.29, 0.717) is 21.1 Å². The number of amides is 1. The molecule has 2 aromatic heterocycles. The molecule has 0 saturated carbocycles. The van der Waals surface area contributed by atoms with Gasteiger partial charge in [0.05, 0.1) is 16.0 Å². The van der Waals surface area contributed by atoms with Gasteiger partial charge in [0.15, 0.2) is 5.16 Å². The van der Waals surface area contributed by atoms with Crippen molar-refractivity contribution in [2.24, 2.45) is 5.14 Å². The summed E-state index contributed by atoms with van der Waals surface area (Å²) >= 11 is 2.67. The molecule has 0 fully saturated rings. The van der Waals surface area contributed by atoms with Gasteiger partial charge in [-0.05, 0) is 49.4 Å². The predicted molar refractivity (Wildman–Crippen MR) is 114 cm³/mol. The molecule has 29 heavy (non-hydrogen) atoms. The van der Waals surface area contributed by atoms with E-state index in [0.717, 1.165) is 43.0 Å². The number of fused-ring (bicyclic) bond motifs is 3. The minimum absolute atomic E-state index is 0.0130. The molecule has 0 aliphatic heterocycles. The van der Waals surface area contributed by atoms with Crippen molar-refractivity contribution in [3.05, 3.63) is 45.1 Å². The van der Waals surface area contributed by atoms with Crippen LogP contribution < -0.4 is 16.0 Å². The highest BCUT2D eigenvalue weighted by Crippen LogP contribution is 2.34. The first-order chi connectivity index (χ1) is 13.8. The van der Waals surface area contributed by atoms with Crippen molar-refractivity contribution >= 4 is 54.9 Å². The lowest BCUT2D eigenvalue weighted by molar-refractivity contribution is -0.113. The van der Waals surface area contributed by atoms with Gasteiger partial charge in [-0.3, -0.25) is 9.59 Å². The molecule has 1 aliphatic carbocycles. The number of anilines is 1. The molecular formula is C18H18N4O4S3. The van der Waals surface area contributed by atoms with Gasteiger partial charge in [0.1, 0.15) is 4.83 Å². The predicted octanol–water partition coefficient (Wildman–Crippen LogP) is 2.24. The van der Waals surface area contributed by atoms with Gasteiger partial charge in [0.2, 0.25) is 15.9 Å². The maximum Gasteiger partial charge on any atom is 0.260 e. The molecule has 4 N–H and O–H groups in total. The molecule has 2 heterocycles. The number of H-pyrrole nitrogens is 1. The molecule has 0 spiro atoms. The molecule has 152 valence electrons. The van der Waals surface area contributed by atoms with E-state index >= 15 is 0 Å². The van der Waals surface area contributed by atoms with Crippen LogP contribution in [0, 0.1) is 0 Å². The number of benzene rings is 1. The summed E-state index contributed by atoms with van der Waals surface area (Å²) in [6.45, 7) is 0. The minimum Gasteiger partial charge on any atom is -0.325 e. The summed E-state index contributed by atoms with van der Waals surface area (Å²) in [6, 6.07) is 5.71. The van der Waals surface area contributed by atoms with Crippen LogP contribution in [0.3, 0.4) is 0 Å². The van der Waals surface area contributed by atoms with Crippen LogP contribution in [0.2, 0.25) is 0 Å². The lowest BCUT2D eigenvalue weighted by atomic mass is 9.97. The van der Waals surface area contributed by atoms with Crippen molar-refractivity contribution in [3.63, 3.8) is 0 Å². The highest BCUT2D eigenvalue weighted by atomic mass is 32.2. The number of thiophene rings is 1. The fourth-order valence-electron chi connectivity index (χ4n) is 3.29. The van der Waals surface area contributed by atoms with Crippen LogP contribution in [0.5, 0.6) is 0 Å². The third-order valence-corrected chi connectivity index (χ3v) is 7.56. The quantitative estimate of drug-likeness (QED) is 0.403. The fraction of sp³-hybridized carbons (Fsp3) is 0.278. The molecule has 0 bridgehead atoms. The number of aromatic amines is 1. The topological polar surface area (TPSA) is 135 Å². The number of hydrogen-bond donors (Lipinski definition) is 3. The average molecular weight is 451 g/mol. The number of aromatic nitrogens is 2. The second-order valence-corrected chi connectivity index (χ2v) is 10.3. The maximum atomic E-state index is 12.5. The van der Waals surface area contributed by atoms with Crippen molar-refractivity contribution in [1.82, 2.24) is 9.97 Å². The average Bonchev–Trinajstić information content (AvgIpc) is 3.05. The monoisotopic (exact) mass is 450 g/mol. The van der Waals surface area contributed by atoms with Gasteiger partial charge in [-0.25, -0.2) is 18.5 Å². The van der Waals surface area contributed by atoms with Crippen molar-refractivity contribution in [3.8, 4) is 0 Å². The van der Waals surface area contributed by atoms with Gasteiger partial charge in [-0.2, -0.15) is 0 Å². The Morgan fingerprint density at radius 1 is 1.31 bits per heavy atom. The number of primary sulfonamides is 1. The Labute approximate surface area is 175 Å². The van der Waals surface area contributed by atoms with Crippen LogP contribution in [0.25, 0.3) is 10.2 Å². The number of aryl methyl sites for hydroxylation is 2. The Hall–Kier alpha value is -2.21. The zero-order chi connectivity index (χ0) is 20.6. The van der Waals surface area contributed by atoms with Crippen LogP contribution in [-0.4, -0.2) is 30.0 Å². The smallest absolute Gasteiger partial charge is 0.260 e. The molecule has 8 nitrogen and oxygen atoms in total. The van der Waals surface area contributed by atoms with Gasteiger partial charge in [-0.15, -0.1) is 11.3 Å². The normalized spacial score (nSPS) is 14.0. The summed E-state index contributed by atoms with van der Waals surface area (Å²) in [5.41, 5.74) is 1.28. The van der Waals surface area contributed by atoms with Gasteiger partial charge >= 0.3 is 0 Å². The van der Waals surface area contributed by atoms with E-state index in [1.807, 2.05) is 0 Å². The Morgan fingerprint density at radius 2 is 2.10 bits per heavy atom. The molecule has 11 heteroatoms. The first-order valence-electron chi connectivity index (χ1n) is 8.91. The van der Waals surface area contributed by atoms with E-state index in [-0.39, 0.29) is 22.1 Å². The molecule has 1 aliphatic rings. The lowest BCUT2D eigenvalue weighted by Gasteiger charge is -2.09. The highest BCUT2D eigenvalue weighted by Gasteiger charge is 2.20. The maximum absolute atomic E-state index is 12.5. The third kappa shape index (κ3) is 4.37. The second-order valence-electron chi connectivity index (χ2n) is 6.67. The molecule has 0 unspecified atom stereocenters. The fourth-order valence-corrected chi connectivity index (χ4v) is 5.83. The number of rotatable bonds is 5. The van der Waals surface area contributed by atoms with Gasteiger partial charge in [0.25, 0.3) is 5.56 Å². The van der Waals surface area contributed by atoms with Crippen LogP contribution in [0.1, 0.15) is 23.3 Å². The van der Waals surface area contributed by atoms with E-state index in [4.69, 9.17) is 5.14 Å². The number of nitrogens with one attached hydrogen (secondary N) is 2. The zero-order valence-corrected chi connectivity index (χ0v) is 17.7. The minimum atomic E-state index is -3.85. The van der Waals surface area contributed by atoms with E-state index < -0.39 is 10.0 Å². The van der Waals surface area contributed by atoms with Crippen molar-refractivity contribution in [2.45, 2.75) is 35.7 Å². The first kappa shape index (κ1) is 20.1. The molecule has 1 aromatic carbocycles. The number of sulfonamides is 1. The standard InChI is InChI=1S/C18H18N4O4S3/c19-29(25,26)11-5-3-4-10(8-11)20-14(23)9-27-18-21-16(24)15-12-6-1-2-7-13(12)28-17(15)22-18/h3-5,8H,1-2,6-7,9H2,(H,20,23)(H2,19,25,26)(H,21,22,24). The summed E-state index contributed by atoms with van der Waals surface area (Å²) in [4.78, 5) is 33.9. The van der Waals surface area contributed by atoms with E-state index in [9.17, 15) is 18.0 Å². The molecule has 4 rings (SSSR count). The Bertz CT molecular complexity index is 1260. The Balaban J connectivity index is 1.47. The number of carbonyl (C=O) groups excluding carboxylic acids is 1. The highest BCUT2D eigenvalue weighted by molar-refractivity contribution is 7.99. The Kier molecular flexibility index (Phi) is 5.47. The molecule has 3 aromatic rings. The van der Waals surface area contributed by atoms with Gasteiger partial charge in [0, 0.05) is 10.6 Å².